The van der Waals surface area contributed by atoms with Gasteiger partial charge in [-0.3, -0.25) is 0 Å². The van der Waals surface area contributed by atoms with Crippen LogP contribution in [0.5, 0.6) is 0 Å². The zero-order valence-electron chi connectivity index (χ0n) is 9.89. The Hall–Kier alpha value is -2.03. The summed E-state index contributed by atoms with van der Waals surface area (Å²) in [5.41, 5.74) is 1.22. The number of benzene rings is 1. The van der Waals surface area contributed by atoms with Gasteiger partial charge in [-0.1, -0.05) is 24.8 Å². The van der Waals surface area contributed by atoms with E-state index in [9.17, 15) is 4.79 Å². The quantitative estimate of drug-likeness (QED) is 0.430. The topological polar surface area (TPSA) is 35.5 Å². The van der Waals surface area contributed by atoms with Crippen LogP contribution in [0, 0.1) is 0 Å². The molecule has 0 aliphatic rings. The van der Waals surface area contributed by atoms with Crippen molar-refractivity contribution < 1.29 is 14.3 Å². The van der Waals surface area contributed by atoms with Gasteiger partial charge in [0.15, 0.2) is 0 Å². The average molecular weight is 232 g/mol. The molecular weight excluding hydrogens is 216 g/mol. The van der Waals surface area contributed by atoms with Gasteiger partial charge in [-0.2, -0.15) is 0 Å². The maximum absolute atomic E-state index is 11.6. The minimum atomic E-state index is -0.350. The summed E-state index contributed by atoms with van der Waals surface area (Å²) in [6.07, 6.45) is 3.22. The van der Waals surface area contributed by atoms with Crippen LogP contribution in [0.15, 0.2) is 54.8 Å². The van der Waals surface area contributed by atoms with Gasteiger partial charge in [0.1, 0.15) is 6.61 Å². The number of carbonyl (C=O) groups excluding carboxylic acids is 1. The summed E-state index contributed by atoms with van der Waals surface area (Å²) in [4.78, 5) is 11.6. The highest BCUT2D eigenvalue weighted by molar-refractivity contribution is 5.89. The SMILES string of the molecule is C=C(/C=C/OCC)COC(=O)c1ccccc1. The fourth-order valence-corrected chi connectivity index (χ4v) is 1.10. The van der Waals surface area contributed by atoms with Gasteiger partial charge in [0, 0.05) is 0 Å². The summed E-state index contributed by atoms with van der Waals surface area (Å²) in [5.74, 6) is -0.350. The second kappa shape index (κ2) is 7.28. The van der Waals surface area contributed by atoms with Crippen molar-refractivity contribution in [3.63, 3.8) is 0 Å². The third-order valence-corrected chi connectivity index (χ3v) is 1.96. The Morgan fingerprint density at radius 2 is 2.06 bits per heavy atom. The minimum Gasteiger partial charge on any atom is -0.501 e. The van der Waals surface area contributed by atoms with Gasteiger partial charge in [0.05, 0.1) is 18.4 Å². The molecule has 90 valence electrons. The van der Waals surface area contributed by atoms with Gasteiger partial charge < -0.3 is 9.47 Å². The van der Waals surface area contributed by atoms with Gasteiger partial charge >= 0.3 is 5.97 Å². The first kappa shape index (κ1) is 13.0. The minimum absolute atomic E-state index is 0.164. The van der Waals surface area contributed by atoms with Crippen molar-refractivity contribution >= 4 is 5.97 Å². The van der Waals surface area contributed by atoms with Crippen LogP contribution in [-0.4, -0.2) is 19.2 Å². The zero-order valence-corrected chi connectivity index (χ0v) is 9.89. The predicted molar refractivity (Wildman–Crippen MR) is 66.6 cm³/mol. The van der Waals surface area contributed by atoms with Crippen LogP contribution >= 0.6 is 0 Å². The lowest BCUT2D eigenvalue weighted by molar-refractivity contribution is 0.0543. The molecule has 3 nitrogen and oxygen atoms in total. The van der Waals surface area contributed by atoms with E-state index < -0.39 is 0 Å². The van der Waals surface area contributed by atoms with Crippen molar-refractivity contribution in [2.45, 2.75) is 6.92 Å². The predicted octanol–water partition coefficient (Wildman–Crippen LogP) is 2.95. The number of ether oxygens (including phenoxy) is 2. The highest BCUT2D eigenvalue weighted by Gasteiger charge is 2.05. The molecule has 0 N–H and O–H groups in total. The second-order valence-electron chi connectivity index (χ2n) is 3.36. The fourth-order valence-electron chi connectivity index (χ4n) is 1.10. The largest absolute Gasteiger partial charge is 0.501 e. The molecule has 0 aromatic heterocycles. The standard InChI is InChI=1S/C14H16O3/c1-3-16-10-9-12(2)11-17-14(15)13-7-5-4-6-8-13/h4-10H,2-3,11H2,1H3/b10-9+. The van der Waals surface area contributed by atoms with E-state index in [1.807, 2.05) is 13.0 Å². The molecule has 0 aliphatic carbocycles. The van der Waals surface area contributed by atoms with Crippen LogP contribution < -0.4 is 0 Å². The average Bonchev–Trinajstić information content (AvgIpc) is 2.37. The van der Waals surface area contributed by atoms with E-state index in [0.29, 0.717) is 17.7 Å². The smallest absolute Gasteiger partial charge is 0.338 e. The Labute approximate surface area is 101 Å². The number of rotatable bonds is 6. The Balaban J connectivity index is 2.36. The molecule has 1 rings (SSSR count). The van der Waals surface area contributed by atoms with Crippen molar-refractivity contribution in [1.82, 2.24) is 0 Å². The highest BCUT2D eigenvalue weighted by atomic mass is 16.5. The van der Waals surface area contributed by atoms with Crippen LogP contribution in [0.3, 0.4) is 0 Å². The molecule has 0 fully saturated rings. The molecular formula is C14H16O3. The Kier molecular flexibility index (Phi) is 5.58. The lowest BCUT2D eigenvalue weighted by Gasteiger charge is -2.04. The zero-order chi connectivity index (χ0) is 12.5. The Morgan fingerprint density at radius 1 is 1.35 bits per heavy atom. The number of hydrogen-bond acceptors (Lipinski definition) is 3. The van der Waals surface area contributed by atoms with E-state index >= 15 is 0 Å². The van der Waals surface area contributed by atoms with E-state index in [0.717, 1.165) is 0 Å². The summed E-state index contributed by atoms with van der Waals surface area (Å²) in [6, 6.07) is 8.85. The van der Waals surface area contributed by atoms with Crippen LogP contribution in [0.1, 0.15) is 17.3 Å². The number of carbonyl (C=O) groups is 1. The lowest BCUT2D eigenvalue weighted by atomic mass is 10.2. The Bertz CT molecular complexity index is 393. The first-order valence-electron chi connectivity index (χ1n) is 5.42. The maximum atomic E-state index is 11.6. The molecule has 0 spiro atoms. The molecule has 1 aromatic rings. The van der Waals surface area contributed by atoms with Crippen molar-refractivity contribution in [3.05, 3.63) is 60.4 Å². The van der Waals surface area contributed by atoms with Gasteiger partial charge in [0.25, 0.3) is 0 Å². The van der Waals surface area contributed by atoms with E-state index in [1.54, 1.807) is 36.6 Å². The molecule has 0 saturated carbocycles. The van der Waals surface area contributed by atoms with Crippen molar-refractivity contribution in [3.8, 4) is 0 Å². The molecule has 0 unspecified atom stereocenters. The van der Waals surface area contributed by atoms with Crippen LogP contribution in [-0.2, 0) is 9.47 Å². The molecule has 0 heterocycles. The molecule has 0 aliphatic heterocycles. The summed E-state index contributed by atoms with van der Waals surface area (Å²) < 4.78 is 10.1. The van der Waals surface area contributed by atoms with Gasteiger partial charge in [-0.15, -0.1) is 0 Å². The first-order valence-corrected chi connectivity index (χ1v) is 5.42. The van der Waals surface area contributed by atoms with E-state index in [4.69, 9.17) is 9.47 Å². The molecule has 1 aromatic carbocycles. The van der Waals surface area contributed by atoms with Crippen LogP contribution in [0.2, 0.25) is 0 Å². The summed E-state index contributed by atoms with van der Waals surface area (Å²) in [6.45, 7) is 6.41. The lowest BCUT2D eigenvalue weighted by Crippen LogP contribution is -2.06. The second-order valence-corrected chi connectivity index (χ2v) is 3.36. The molecule has 3 heteroatoms. The first-order chi connectivity index (χ1) is 8.24. The summed E-state index contributed by atoms with van der Waals surface area (Å²) in [5, 5.41) is 0. The molecule has 0 amide bonds. The Morgan fingerprint density at radius 3 is 2.71 bits per heavy atom. The van der Waals surface area contributed by atoms with E-state index in [1.165, 1.54) is 0 Å². The third-order valence-electron chi connectivity index (χ3n) is 1.96. The monoisotopic (exact) mass is 232 g/mol. The van der Waals surface area contributed by atoms with Gasteiger partial charge in [0.2, 0.25) is 0 Å². The molecule has 0 bridgehead atoms. The molecule has 0 radical (unpaired) electrons. The molecule has 0 atom stereocenters. The van der Waals surface area contributed by atoms with Crippen molar-refractivity contribution in [1.29, 1.82) is 0 Å². The third kappa shape index (κ3) is 5.02. The highest BCUT2D eigenvalue weighted by Crippen LogP contribution is 2.03. The fraction of sp³-hybridized carbons (Fsp3) is 0.214. The number of hydrogen-bond donors (Lipinski definition) is 0. The van der Waals surface area contributed by atoms with Crippen LogP contribution in [0.25, 0.3) is 0 Å². The maximum Gasteiger partial charge on any atom is 0.338 e. The normalized spacial score (nSPS) is 10.2. The van der Waals surface area contributed by atoms with E-state index in [2.05, 4.69) is 6.58 Å². The van der Waals surface area contributed by atoms with Crippen molar-refractivity contribution in [2.24, 2.45) is 0 Å². The van der Waals surface area contributed by atoms with Gasteiger partial charge in [-0.05, 0) is 30.7 Å². The number of esters is 1. The summed E-state index contributed by atoms with van der Waals surface area (Å²) >= 11 is 0. The summed E-state index contributed by atoms with van der Waals surface area (Å²) in [7, 11) is 0. The van der Waals surface area contributed by atoms with Crippen LogP contribution in [0.4, 0.5) is 0 Å². The molecule has 17 heavy (non-hydrogen) atoms. The van der Waals surface area contributed by atoms with Gasteiger partial charge in [-0.25, -0.2) is 4.79 Å². The van der Waals surface area contributed by atoms with Crippen molar-refractivity contribution in [2.75, 3.05) is 13.2 Å². The van der Waals surface area contributed by atoms with E-state index in [-0.39, 0.29) is 12.6 Å². The molecule has 0 saturated heterocycles.